The van der Waals surface area contributed by atoms with Gasteiger partial charge in [-0.3, -0.25) is 9.48 Å². The molecule has 1 amide bonds. The highest BCUT2D eigenvalue weighted by atomic mass is 16.2. The van der Waals surface area contributed by atoms with Crippen LogP contribution in [0.3, 0.4) is 0 Å². The summed E-state index contributed by atoms with van der Waals surface area (Å²) in [6, 6.07) is 10.9. The average Bonchev–Trinajstić information content (AvgIpc) is 3.24. The third kappa shape index (κ3) is 3.11. The number of hydrogen-bond acceptors (Lipinski definition) is 3. The normalized spacial score (nSPS) is 14.3. The van der Waals surface area contributed by atoms with Gasteiger partial charge in [-0.25, -0.2) is 0 Å². The van der Waals surface area contributed by atoms with Crippen molar-refractivity contribution in [1.82, 2.24) is 9.78 Å². The zero-order valence-corrected chi connectivity index (χ0v) is 13.6. The zero-order chi connectivity index (χ0) is 16.6. The number of nitrogens with one attached hydrogen (secondary N) is 1. The molecule has 1 heterocycles. The van der Waals surface area contributed by atoms with Crippen LogP contribution < -0.4 is 5.32 Å². The summed E-state index contributed by atoms with van der Waals surface area (Å²) in [5.74, 6) is 0.229. The minimum atomic E-state index is -0.280. The Morgan fingerprint density at radius 2 is 2.04 bits per heavy atom. The van der Waals surface area contributed by atoms with E-state index >= 15 is 0 Å². The number of anilines is 1. The molecule has 0 unspecified atom stereocenters. The predicted octanol–water partition coefficient (Wildman–Crippen LogP) is 3.64. The summed E-state index contributed by atoms with van der Waals surface area (Å²) in [5.41, 5.74) is 2.31. The zero-order valence-electron chi connectivity index (χ0n) is 13.6. The molecule has 1 aliphatic carbocycles. The monoisotopic (exact) mass is 308 g/mol. The summed E-state index contributed by atoms with van der Waals surface area (Å²) in [5, 5.41) is 16.4. The smallest absolute Gasteiger partial charge is 0.276 e. The van der Waals surface area contributed by atoms with Crippen LogP contribution in [0.2, 0.25) is 0 Å². The van der Waals surface area contributed by atoms with Crippen molar-refractivity contribution in [3.05, 3.63) is 47.3 Å². The second-order valence-electron chi connectivity index (χ2n) is 6.92. The van der Waals surface area contributed by atoms with Crippen LogP contribution in [0.25, 0.3) is 0 Å². The number of benzene rings is 1. The maximum atomic E-state index is 12.5. The highest BCUT2D eigenvalue weighted by Gasteiger charge is 2.32. The van der Waals surface area contributed by atoms with Crippen LogP contribution >= 0.6 is 0 Å². The highest BCUT2D eigenvalue weighted by molar-refractivity contribution is 6.03. The lowest BCUT2D eigenvalue weighted by atomic mass is 10.1. The number of nitrogens with zero attached hydrogens (tertiary/aromatic N) is 3. The molecule has 0 saturated heterocycles. The van der Waals surface area contributed by atoms with Crippen LogP contribution in [-0.4, -0.2) is 15.7 Å². The molecule has 118 valence electrons. The van der Waals surface area contributed by atoms with Crippen molar-refractivity contribution in [3.63, 3.8) is 0 Å². The first kappa shape index (κ1) is 15.3. The summed E-state index contributed by atoms with van der Waals surface area (Å²) < 4.78 is 1.95. The minimum Gasteiger partial charge on any atom is -0.319 e. The fourth-order valence-corrected chi connectivity index (χ4v) is 2.59. The first-order valence-corrected chi connectivity index (χ1v) is 7.81. The Hall–Kier alpha value is -2.61. The van der Waals surface area contributed by atoms with E-state index in [1.165, 1.54) is 0 Å². The summed E-state index contributed by atoms with van der Waals surface area (Å²) in [4.78, 5) is 12.5. The topological polar surface area (TPSA) is 70.7 Å². The van der Waals surface area contributed by atoms with E-state index in [-0.39, 0.29) is 11.4 Å². The van der Waals surface area contributed by atoms with Gasteiger partial charge in [0.2, 0.25) is 0 Å². The first-order valence-electron chi connectivity index (χ1n) is 7.81. The SMILES string of the molecule is CC(C)(C)n1nc(C(=O)Nc2ccccc2C#N)cc1C1CC1. The third-order valence-electron chi connectivity index (χ3n) is 3.90. The van der Waals surface area contributed by atoms with Gasteiger partial charge in [0.1, 0.15) is 6.07 Å². The molecule has 1 N–H and O–H groups in total. The van der Waals surface area contributed by atoms with Gasteiger partial charge < -0.3 is 5.32 Å². The Bertz CT molecular complexity index is 788. The standard InChI is InChI=1S/C18H20N4O/c1-18(2,3)22-16(12-8-9-12)10-15(21-22)17(23)20-14-7-5-4-6-13(14)11-19/h4-7,10,12H,8-9H2,1-3H3,(H,20,23). The van der Waals surface area contributed by atoms with E-state index in [0.717, 1.165) is 18.5 Å². The van der Waals surface area contributed by atoms with Crippen molar-refractivity contribution in [3.8, 4) is 6.07 Å². The molecule has 3 rings (SSSR count). The third-order valence-corrected chi connectivity index (χ3v) is 3.90. The number of hydrogen-bond donors (Lipinski definition) is 1. The molecule has 1 fully saturated rings. The predicted molar refractivity (Wildman–Crippen MR) is 88.3 cm³/mol. The molecule has 0 spiro atoms. The van der Waals surface area contributed by atoms with Gasteiger partial charge in [0.25, 0.3) is 5.91 Å². The van der Waals surface area contributed by atoms with Gasteiger partial charge in [0.15, 0.2) is 5.69 Å². The van der Waals surface area contributed by atoms with Crippen LogP contribution in [0.15, 0.2) is 30.3 Å². The Kier molecular flexibility index (Phi) is 3.69. The van der Waals surface area contributed by atoms with Gasteiger partial charge >= 0.3 is 0 Å². The van der Waals surface area contributed by atoms with E-state index in [1.54, 1.807) is 24.3 Å². The Morgan fingerprint density at radius 1 is 1.35 bits per heavy atom. The average molecular weight is 308 g/mol. The Morgan fingerprint density at radius 3 is 2.65 bits per heavy atom. The molecule has 1 aromatic carbocycles. The van der Waals surface area contributed by atoms with Crippen molar-refractivity contribution in [1.29, 1.82) is 5.26 Å². The van der Waals surface area contributed by atoms with Gasteiger partial charge in [-0.2, -0.15) is 10.4 Å². The summed E-state index contributed by atoms with van der Waals surface area (Å²) in [6.07, 6.45) is 2.31. The van der Waals surface area contributed by atoms with Crippen LogP contribution in [0.5, 0.6) is 0 Å². The first-order chi connectivity index (χ1) is 10.9. The lowest BCUT2D eigenvalue weighted by Gasteiger charge is -2.22. The van der Waals surface area contributed by atoms with Gasteiger partial charge in [-0.05, 0) is 51.8 Å². The van der Waals surface area contributed by atoms with Gasteiger partial charge in [-0.1, -0.05) is 12.1 Å². The van der Waals surface area contributed by atoms with Crippen molar-refractivity contribution in [2.24, 2.45) is 0 Å². The second kappa shape index (κ2) is 5.54. The summed E-state index contributed by atoms with van der Waals surface area (Å²) in [7, 11) is 0. The molecule has 2 aromatic rings. The van der Waals surface area contributed by atoms with E-state index in [1.807, 2.05) is 10.7 Å². The van der Waals surface area contributed by atoms with E-state index in [2.05, 4.69) is 37.3 Å². The maximum absolute atomic E-state index is 12.5. The number of carbonyl (C=O) groups excluding carboxylic acids is 1. The van der Waals surface area contributed by atoms with Crippen molar-refractivity contribution in [2.75, 3.05) is 5.32 Å². The van der Waals surface area contributed by atoms with E-state index in [9.17, 15) is 4.79 Å². The molecule has 1 aliphatic rings. The fourth-order valence-electron chi connectivity index (χ4n) is 2.59. The molecule has 0 aliphatic heterocycles. The number of aromatic nitrogens is 2. The van der Waals surface area contributed by atoms with Crippen molar-refractivity contribution >= 4 is 11.6 Å². The number of amides is 1. The minimum absolute atomic E-state index is 0.166. The molecule has 23 heavy (non-hydrogen) atoms. The molecular weight excluding hydrogens is 288 g/mol. The number of rotatable bonds is 3. The van der Waals surface area contributed by atoms with Crippen LogP contribution in [0, 0.1) is 11.3 Å². The maximum Gasteiger partial charge on any atom is 0.276 e. The molecule has 0 radical (unpaired) electrons. The highest BCUT2D eigenvalue weighted by Crippen LogP contribution is 2.41. The molecule has 0 atom stereocenters. The van der Waals surface area contributed by atoms with Gasteiger partial charge in [-0.15, -0.1) is 0 Å². The lowest BCUT2D eigenvalue weighted by molar-refractivity contribution is 0.102. The van der Waals surface area contributed by atoms with Crippen LogP contribution in [-0.2, 0) is 5.54 Å². The van der Waals surface area contributed by atoms with Gasteiger partial charge in [0, 0.05) is 11.6 Å². The van der Waals surface area contributed by atoms with E-state index in [0.29, 0.717) is 22.9 Å². The fraction of sp³-hybridized carbons (Fsp3) is 0.389. The number of nitriles is 1. The molecule has 0 bridgehead atoms. The van der Waals surface area contributed by atoms with Crippen molar-refractivity contribution in [2.45, 2.75) is 45.1 Å². The Balaban J connectivity index is 1.90. The summed E-state index contributed by atoms with van der Waals surface area (Å²) in [6.45, 7) is 6.25. The van der Waals surface area contributed by atoms with Gasteiger partial charge in [0.05, 0.1) is 16.8 Å². The molecule has 1 saturated carbocycles. The van der Waals surface area contributed by atoms with Crippen LogP contribution in [0.1, 0.15) is 61.3 Å². The van der Waals surface area contributed by atoms with E-state index < -0.39 is 0 Å². The Labute approximate surface area is 135 Å². The number of carbonyl (C=O) groups is 1. The quantitative estimate of drug-likeness (QED) is 0.941. The summed E-state index contributed by atoms with van der Waals surface area (Å²) >= 11 is 0. The second-order valence-corrected chi connectivity index (χ2v) is 6.92. The largest absolute Gasteiger partial charge is 0.319 e. The van der Waals surface area contributed by atoms with Crippen LogP contribution in [0.4, 0.5) is 5.69 Å². The molecular formula is C18H20N4O. The number of para-hydroxylation sites is 1. The molecule has 5 nitrogen and oxygen atoms in total. The molecule has 1 aromatic heterocycles. The van der Waals surface area contributed by atoms with E-state index in [4.69, 9.17) is 5.26 Å². The molecule has 5 heteroatoms. The lowest BCUT2D eigenvalue weighted by Crippen LogP contribution is -2.25. The van der Waals surface area contributed by atoms with Crippen molar-refractivity contribution < 1.29 is 4.79 Å².